The van der Waals surface area contributed by atoms with Crippen molar-refractivity contribution in [3.63, 3.8) is 0 Å². The number of hydrogen-bond donors (Lipinski definition) is 2. The lowest BCUT2D eigenvalue weighted by Crippen LogP contribution is -2.18. The van der Waals surface area contributed by atoms with Crippen LogP contribution < -0.4 is 11.1 Å². The van der Waals surface area contributed by atoms with E-state index in [-0.39, 0.29) is 0 Å². The van der Waals surface area contributed by atoms with Gasteiger partial charge in [-0.2, -0.15) is 0 Å². The zero-order chi connectivity index (χ0) is 14.5. The van der Waals surface area contributed by atoms with Gasteiger partial charge in [0.2, 0.25) is 0 Å². The molecule has 0 spiro atoms. The predicted molar refractivity (Wildman–Crippen MR) is 89.1 cm³/mol. The number of nitrogen functional groups attached to an aromatic ring is 1. The lowest BCUT2D eigenvalue weighted by atomic mass is 10.1. The standard InChI is InChI=1S/C18H23N3/c19-17-7-3-15(4-8-17)13-20-18-9-5-16(6-10-18)14-21-11-1-2-12-21/h3-10,20H,1-2,11-14,19H2. The summed E-state index contributed by atoms with van der Waals surface area (Å²) in [5, 5.41) is 3.45. The Hall–Kier alpha value is -2.00. The minimum atomic E-state index is 0.810. The Morgan fingerprint density at radius 3 is 2.14 bits per heavy atom. The molecule has 3 heteroatoms. The fourth-order valence-corrected chi connectivity index (χ4v) is 2.77. The predicted octanol–water partition coefficient (Wildman–Crippen LogP) is 3.48. The Morgan fingerprint density at radius 2 is 1.48 bits per heavy atom. The lowest BCUT2D eigenvalue weighted by Gasteiger charge is -2.15. The van der Waals surface area contributed by atoms with Gasteiger partial charge in [0.05, 0.1) is 0 Å². The van der Waals surface area contributed by atoms with Gasteiger partial charge in [-0.25, -0.2) is 0 Å². The van der Waals surface area contributed by atoms with E-state index in [1.807, 2.05) is 12.1 Å². The Labute approximate surface area is 126 Å². The lowest BCUT2D eigenvalue weighted by molar-refractivity contribution is 0.331. The molecular weight excluding hydrogens is 258 g/mol. The minimum absolute atomic E-state index is 0.810. The van der Waals surface area contributed by atoms with E-state index in [4.69, 9.17) is 5.73 Å². The Morgan fingerprint density at radius 1 is 0.857 bits per heavy atom. The second-order valence-electron chi connectivity index (χ2n) is 5.78. The number of nitrogens with two attached hydrogens (primary N) is 1. The maximum Gasteiger partial charge on any atom is 0.0400 e. The highest BCUT2D eigenvalue weighted by Crippen LogP contribution is 2.16. The highest BCUT2D eigenvalue weighted by Gasteiger charge is 2.11. The van der Waals surface area contributed by atoms with E-state index in [1.165, 1.54) is 37.1 Å². The summed E-state index contributed by atoms with van der Waals surface area (Å²) >= 11 is 0. The topological polar surface area (TPSA) is 41.3 Å². The van der Waals surface area contributed by atoms with E-state index in [2.05, 4.69) is 46.6 Å². The van der Waals surface area contributed by atoms with E-state index in [9.17, 15) is 0 Å². The van der Waals surface area contributed by atoms with E-state index >= 15 is 0 Å². The van der Waals surface area contributed by atoms with Gasteiger partial charge in [0, 0.05) is 24.5 Å². The van der Waals surface area contributed by atoms with Crippen molar-refractivity contribution in [2.45, 2.75) is 25.9 Å². The number of hydrogen-bond acceptors (Lipinski definition) is 3. The molecule has 0 bridgehead atoms. The number of benzene rings is 2. The summed E-state index contributed by atoms with van der Waals surface area (Å²) in [6.07, 6.45) is 2.70. The molecule has 0 aromatic heterocycles. The SMILES string of the molecule is Nc1ccc(CNc2ccc(CN3CCCC3)cc2)cc1. The first-order valence-electron chi connectivity index (χ1n) is 7.69. The van der Waals surface area contributed by atoms with Crippen LogP contribution in [-0.4, -0.2) is 18.0 Å². The van der Waals surface area contributed by atoms with Crippen LogP contribution in [0.1, 0.15) is 24.0 Å². The summed E-state index contributed by atoms with van der Waals surface area (Å²) in [6, 6.07) is 16.8. The van der Waals surface area contributed by atoms with Crippen molar-refractivity contribution in [3.8, 4) is 0 Å². The first-order chi connectivity index (χ1) is 10.3. The van der Waals surface area contributed by atoms with Crippen LogP contribution in [0.5, 0.6) is 0 Å². The highest BCUT2D eigenvalue weighted by molar-refractivity contribution is 5.46. The normalized spacial score (nSPS) is 15.2. The zero-order valence-corrected chi connectivity index (χ0v) is 12.4. The second kappa shape index (κ2) is 6.64. The Bertz CT molecular complexity index is 554. The summed E-state index contributed by atoms with van der Waals surface area (Å²) in [5.41, 5.74) is 10.3. The van der Waals surface area contributed by atoms with Gasteiger partial charge in [-0.3, -0.25) is 4.90 Å². The Kier molecular flexibility index (Phi) is 4.41. The van der Waals surface area contributed by atoms with Gasteiger partial charge in [-0.15, -0.1) is 0 Å². The average molecular weight is 281 g/mol. The molecule has 0 saturated carbocycles. The number of nitrogens with one attached hydrogen (secondary N) is 1. The van der Waals surface area contributed by atoms with Gasteiger partial charge < -0.3 is 11.1 Å². The number of likely N-dealkylation sites (tertiary alicyclic amines) is 1. The van der Waals surface area contributed by atoms with Gasteiger partial charge in [0.15, 0.2) is 0 Å². The molecule has 1 aliphatic heterocycles. The molecule has 1 fully saturated rings. The van der Waals surface area contributed by atoms with Crippen molar-refractivity contribution in [2.24, 2.45) is 0 Å². The molecule has 3 rings (SSSR count). The third-order valence-electron chi connectivity index (χ3n) is 4.04. The smallest absolute Gasteiger partial charge is 0.0400 e. The van der Waals surface area contributed by atoms with Gasteiger partial charge in [0.1, 0.15) is 0 Å². The number of rotatable bonds is 5. The Balaban J connectivity index is 1.52. The maximum absolute atomic E-state index is 5.69. The zero-order valence-electron chi connectivity index (χ0n) is 12.4. The van der Waals surface area contributed by atoms with Crippen LogP contribution in [0.2, 0.25) is 0 Å². The van der Waals surface area contributed by atoms with Crippen molar-refractivity contribution < 1.29 is 0 Å². The summed E-state index contributed by atoms with van der Waals surface area (Å²) in [5.74, 6) is 0. The van der Waals surface area contributed by atoms with Crippen molar-refractivity contribution in [2.75, 3.05) is 24.1 Å². The van der Waals surface area contributed by atoms with Crippen LogP contribution in [0.15, 0.2) is 48.5 Å². The molecule has 2 aromatic carbocycles. The minimum Gasteiger partial charge on any atom is -0.399 e. The molecule has 0 aliphatic carbocycles. The molecule has 0 atom stereocenters. The molecule has 110 valence electrons. The molecule has 2 aromatic rings. The highest BCUT2D eigenvalue weighted by atomic mass is 15.1. The molecule has 0 unspecified atom stereocenters. The average Bonchev–Trinajstić information content (AvgIpc) is 3.01. The van der Waals surface area contributed by atoms with Gasteiger partial charge in [-0.05, 0) is 61.3 Å². The monoisotopic (exact) mass is 281 g/mol. The molecule has 1 heterocycles. The van der Waals surface area contributed by atoms with Crippen LogP contribution in [0.25, 0.3) is 0 Å². The first-order valence-corrected chi connectivity index (χ1v) is 7.69. The quantitative estimate of drug-likeness (QED) is 0.824. The van der Waals surface area contributed by atoms with Crippen LogP contribution in [-0.2, 0) is 13.1 Å². The third kappa shape index (κ3) is 3.99. The molecule has 3 N–H and O–H groups in total. The molecule has 0 amide bonds. The second-order valence-corrected chi connectivity index (χ2v) is 5.78. The third-order valence-corrected chi connectivity index (χ3v) is 4.04. The van der Waals surface area contributed by atoms with Crippen LogP contribution in [0.4, 0.5) is 11.4 Å². The fourth-order valence-electron chi connectivity index (χ4n) is 2.77. The fraction of sp³-hybridized carbons (Fsp3) is 0.333. The van der Waals surface area contributed by atoms with Crippen molar-refractivity contribution in [3.05, 3.63) is 59.7 Å². The van der Waals surface area contributed by atoms with E-state index < -0.39 is 0 Å². The molecular formula is C18H23N3. The van der Waals surface area contributed by atoms with Crippen molar-refractivity contribution >= 4 is 11.4 Å². The number of nitrogens with zero attached hydrogens (tertiary/aromatic N) is 1. The molecule has 21 heavy (non-hydrogen) atoms. The van der Waals surface area contributed by atoms with Crippen molar-refractivity contribution in [1.82, 2.24) is 4.90 Å². The summed E-state index contributed by atoms with van der Waals surface area (Å²) in [6.45, 7) is 4.40. The summed E-state index contributed by atoms with van der Waals surface area (Å²) in [7, 11) is 0. The summed E-state index contributed by atoms with van der Waals surface area (Å²) < 4.78 is 0. The number of anilines is 2. The van der Waals surface area contributed by atoms with Crippen LogP contribution in [0, 0.1) is 0 Å². The summed E-state index contributed by atoms with van der Waals surface area (Å²) in [4.78, 5) is 2.52. The van der Waals surface area contributed by atoms with E-state index in [0.717, 1.165) is 24.5 Å². The van der Waals surface area contributed by atoms with Gasteiger partial charge in [0.25, 0.3) is 0 Å². The molecule has 1 saturated heterocycles. The molecule has 1 aliphatic rings. The molecule has 3 nitrogen and oxygen atoms in total. The van der Waals surface area contributed by atoms with Gasteiger partial charge in [-0.1, -0.05) is 24.3 Å². The maximum atomic E-state index is 5.69. The molecule has 0 radical (unpaired) electrons. The van der Waals surface area contributed by atoms with E-state index in [0.29, 0.717) is 0 Å². The van der Waals surface area contributed by atoms with Crippen LogP contribution >= 0.6 is 0 Å². The first kappa shape index (κ1) is 14.0. The van der Waals surface area contributed by atoms with Crippen LogP contribution in [0.3, 0.4) is 0 Å². The van der Waals surface area contributed by atoms with Crippen molar-refractivity contribution in [1.29, 1.82) is 0 Å². The largest absolute Gasteiger partial charge is 0.399 e. The van der Waals surface area contributed by atoms with E-state index in [1.54, 1.807) is 0 Å². The van der Waals surface area contributed by atoms with Gasteiger partial charge >= 0.3 is 0 Å².